The van der Waals surface area contributed by atoms with Gasteiger partial charge in [0.1, 0.15) is 5.57 Å². The van der Waals surface area contributed by atoms with Gasteiger partial charge in [-0.3, -0.25) is 20.2 Å². The van der Waals surface area contributed by atoms with Crippen LogP contribution in [0.1, 0.15) is 11.3 Å². The van der Waals surface area contributed by atoms with Crippen LogP contribution in [0.3, 0.4) is 0 Å². The topological polar surface area (TPSA) is 76.0 Å². The number of benzene rings is 1. The lowest BCUT2D eigenvalue weighted by Gasteiger charge is -2.16. The second-order valence-electron chi connectivity index (χ2n) is 4.75. The summed E-state index contributed by atoms with van der Waals surface area (Å²) >= 11 is 4.76. The van der Waals surface area contributed by atoms with Crippen LogP contribution in [0, 0.1) is 6.92 Å². The molecule has 6 nitrogen and oxygen atoms in total. The van der Waals surface area contributed by atoms with Crippen molar-refractivity contribution in [1.29, 1.82) is 0 Å². The third kappa shape index (κ3) is 2.66. The van der Waals surface area contributed by atoms with Gasteiger partial charge in [0.15, 0.2) is 5.11 Å². The Bertz CT molecular complexity index is 786. The average Bonchev–Trinajstić information content (AvgIpc) is 2.85. The van der Waals surface area contributed by atoms with Crippen molar-refractivity contribution in [2.75, 3.05) is 0 Å². The molecule has 1 aromatic heterocycles. The van der Waals surface area contributed by atoms with Gasteiger partial charge >= 0.3 is 0 Å². The first kappa shape index (κ1) is 14.2. The number of amides is 2. The van der Waals surface area contributed by atoms with Crippen LogP contribution >= 0.6 is 12.2 Å². The van der Waals surface area contributed by atoms with Gasteiger partial charge in [-0.15, -0.1) is 0 Å². The first-order valence-electron chi connectivity index (χ1n) is 6.54. The minimum absolute atomic E-state index is 0.00399. The number of carbonyl (C=O) groups is 2. The number of nitrogens with zero attached hydrogens (tertiary/aromatic N) is 2. The Kier molecular flexibility index (Phi) is 3.56. The van der Waals surface area contributed by atoms with Crippen molar-refractivity contribution in [3.63, 3.8) is 0 Å². The van der Waals surface area contributed by atoms with E-state index in [9.17, 15) is 9.59 Å². The SMILES string of the molecule is Cc1nn(-c2ccccc2)cc1C=C1C(=O)NC(=S)NC1=O. The molecule has 0 bridgehead atoms. The fourth-order valence-corrected chi connectivity index (χ4v) is 2.28. The van der Waals surface area contributed by atoms with Crippen LogP contribution in [0.15, 0.2) is 42.1 Å². The molecule has 0 spiro atoms. The number of aromatic nitrogens is 2. The van der Waals surface area contributed by atoms with Gasteiger partial charge in [0, 0.05) is 11.8 Å². The lowest BCUT2D eigenvalue weighted by atomic mass is 10.1. The van der Waals surface area contributed by atoms with E-state index < -0.39 is 11.8 Å². The largest absolute Gasteiger partial charge is 0.299 e. The fourth-order valence-electron chi connectivity index (χ4n) is 2.09. The maximum absolute atomic E-state index is 11.9. The molecule has 22 heavy (non-hydrogen) atoms. The molecule has 2 amide bonds. The van der Waals surface area contributed by atoms with Crippen molar-refractivity contribution in [3.05, 3.63) is 53.4 Å². The number of hydrogen-bond acceptors (Lipinski definition) is 4. The van der Waals surface area contributed by atoms with E-state index in [2.05, 4.69) is 15.7 Å². The zero-order valence-electron chi connectivity index (χ0n) is 11.7. The standard InChI is InChI=1S/C15H12N4O2S/c1-9-10(7-12-13(20)16-15(22)17-14(12)21)8-19(18-9)11-5-3-2-4-6-11/h2-8H,1H3,(H2,16,17,20,21,22). The summed E-state index contributed by atoms with van der Waals surface area (Å²) in [4.78, 5) is 23.7. The van der Waals surface area contributed by atoms with Gasteiger partial charge < -0.3 is 0 Å². The third-order valence-electron chi connectivity index (χ3n) is 3.20. The summed E-state index contributed by atoms with van der Waals surface area (Å²) in [5.74, 6) is -1.03. The molecule has 1 saturated heterocycles. The van der Waals surface area contributed by atoms with Gasteiger partial charge in [-0.1, -0.05) is 18.2 Å². The van der Waals surface area contributed by atoms with Crippen LogP contribution < -0.4 is 10.6 Å². The summed E-state index contributed by atoms with van der Waals surface area (Å²) in [7, 11) is 0. The zero-order chi connectivity index (χ0) is 15.7. The highest BCUT2D eigenvalue weighted by Crippen LogP contribution is 2.16. The van der Waals surface area contributed by atoms with E-state index in [1.165, 1.54) is 6.08 Å². The molecule has 1 aliphatic rings. The molecule has 110 valence electrons. The molecular formula is C15H12N4O2S. The molecule has 3 rings (SSSR count). The van der Waals surface area contributed by atoms with E-state index >= 15 is 0 Å². The highest BCUT2D eigenvalue weighted by Gasteiger charge is 2.26. The maximum atomic E-state index is 11.9. The Labute approximate surface area is 131 Å². The summed E-state index contributed by atoms with van der Waals surface area (Å²) in [5.41, 5.74) is 2.31. The van der Waals surface area contributed by atoms with Gasteiger partial charge in [-0.2, -0.15) is 5.10 Å². The number of thiocarbonyl (C=S) groups is 1. The Morgan fingerprint density at radius 1 is 1.14 bits per heavy atom. The molecule has 0 atom stereocenters. The number of hydrogen-bond donors (Lipinski definition) is 2. The van der Waals surface area contributed by atoms with Crippen molar-refractivity contribution in [2.45, 2.75) is 6.92 Å². The molecule has 2 heterocycles. The highest BCUT2D eigenvalue weighted by molar-refractivity contribution is 7.80. The Balaban J connectivity index is 1.98. The maximum Gasteiger partial charge on any atom is 0.263 e. The predicted octanol–water partition coefficient (Wildman–Crippen LogP) is 1.10. The lowest BCUT2D eigenvalue weighted by Crippen LogP contribution is -2.51. The van der Waals surface area contributed by atoms with Crippen LogP contribution in [0.5, 0.6) is 0 Å². The number of para-hydroxylation sites is 1. The molecular weight excluding hydrogens is 300 g/mol. The normalized spacial score (nSPS) is 14.6. The smallest absolute Gasteiger partial charge is 0.263 e. The Hall–Kier alpha value is -2.80. The number of rotatable bonds is 2. The van der Waals surface area contributed by atoms with Crippen molar-refractivity contribution in [2.24, 2.45) is 0 Å². The summed E-state index contributed by atoms with van der Waals surface area (Å²) in [6.45, 7) is 1.81. The monoisotopic (exact) mass is 312 g/mol. The van der Waals surface area contributed by atoms with Gasteiger partial charge in [-0.05, 0) is 37.4 Å². The summed E-state index contributed by atoms with van der Waals surface area (Å²) < 4.78 is 1.70. The van der Waals surface area contributed by atoms with Crippen LogP contribution in [0.4, 0.5) is 0 Å². The highest BCUT2D eigenvalue weighted by atomic mass is 32.1. The van der Waals surface area contributed by atoms with E-state index in [1.807, 2.05) is 37.3 Å². The van der Waals surface area contributed by atoms with E-state index in [0.29, 0.717) is 11.3 Å². The molecule has 1 fully saturated rings. The fraction of sp³-hybridized carbons (Fsp3) is 0.0667. The first-order valence-corrected chi connectivity index (χ1v) is 6.95. The molecule has 2 aromatic rings. The minimum atomic E-state index is -0.513. The third-order valence-corrected chi connectivity index (χ3v) is 3.40. The van der Waals surface area contributed by atoms with Crippen molar-refractivity contribution in [1.82, 2.24) is 20.4 Å². The van der Waals surface area contributed by atoms with Gasteiger partial charge in [-0.25, -0.2) is 4.68 Å². The van der Waals surface area contributed by atoms with Gasteiger partial charge in [0.25, 0.3) is 11.8 Å². The summed E-state index contributed by atoms with van der Waals surface area (Å²) in [6.07, 6.45) is 3.28. The van der Waals surface area contributed by atoms with Crippen LogP contribution in [0.2, 0.25) is 0 Å². The quantitative estimate of drug-likeness (QED) is 0.494. The van der Waals surface area contributed by atoms with Crippen molar-refractivity contribution < 1.29 is 9.59 Å². The number of carbonyl (C=O) groups excluding carboxylic acids is 2. The molecule has 1 aromatic carbocycles. The molecule has 0 radical (unpaired) electrons. The Morgan fingerprint density at radius 3 is 2.41 bits per heavy atom. The summed E-state index contributed by atoms with van der Waals surface area (Å²) in [6, 6.07) is 9.58. The van der Waals surface area contributed by atoms with Crippen molar-refractivity contribution >= 4 is 35.2 Å². The van der Waals surface area contributed by atoms with E-state index in [-0.39, 0.29) is 10.7 Å². The summed E-state index contributed by atoms with van der Waals surface area (Å²) in [5, 5.41) is 9.22. The van der Waals surface area contributed by atoms with Crippen LogP contribution in [0.25, 0.3) is 11.8 Å². The number of nitrogens with one attached hydrogen (secondary N) is 2. The molecule has 0 aliphatic carbocycles. The van der Waals surface area contributed by atoms with Gasteiger partial charge in [0.2, 0.25) is 0 Å². The minimum Gasteiger partial charge on any atom is -0.299 e. The van der Waals surface area contributed by atoms with Crippen LogP contribution in [-0.4, -0.2) is 26.7 Å². The van der Waals surface area contributed by atoms with Crippen molar-refractivity contribution in [3.8, 4) is 5.69 Å². The Morgan fingerprint density at radius 2 is 1.77 bits per heavy atom. The molecule has 2 N–H and O–H groups in total. The average molecular weight is 312 g/mol. The van der Waals surface area contributed by atoms with Crippen LogP contribution in [-0.2, 0) is 9.59 Å². The zero-order valence-corrected chi connectivity index (χ0v) is 12.5. The molecule has 1 aliphatic heterocycles. The predicted molar refractivity (Wildman–Crippen MR) is 85.2 cm³/mol. The molecule has 7 heteroatoms. The lowest BCUT2D eigenvalue weighted by molar-refractivity contribution is -0.123. The van der Waals surface area contributed by atoms with Gasteiger partial charge in [0.05, 0.1) is 11.4 Å². The molecule has 0 saturated carbocycles. The molecule has 0 unspecified atom stereocenters. The van der Waals surface area contributed by atoms with E-state index in [0.717, 1.165) is 5.69 Å². The second-order valence-corrected chi connectivity index (χ2v) is 5.15. The van der Waals surface area contributed by atoms with E-state index in [1.54, 1.807) is 10.9 Å². The number of aryl methyl sites for hydroxylation is 1. The second kappa shape index (κ2) is 5.53. The first-order chi connectivity index (χ1) is 10.5. The van der Waals surface area contributed by atoms with E-state index in [4.69, 9.17) is 12.2 Å².